The second kappa shape index (κ2) is 8.07. The van der Waals surface area contributed by atoms with E-state index in [0.29, 0.717) is 31.1 Å². The van der Waals surface area contributed by atoms with Crippen LogP contribution in [0.15, 0.2) is 23.1 Å². The number of nitrogens with one attached hydrogen (secondary N) is 2. The summed E-state index contributed by atoms with van der Waals surface area (Å²) in [7, 11) is 2.10. The molecule has 2 N–H and O–H groups in total. The van der Waals surface area contributed by atoms with Crippen LogP contribution >= 0.6 is 0 Å². The molecule has 0 aromatic carbocycles. The van der Waals surface area contributed by atoms with E-state index in [2.05, 4.69) is 43.0 Å². The van der Waals surface area contributed by atoms with Gasteiger partial charge >= 0.3 is 0 Å². The lowest BCUT2D eigenvalue weighted by Gasteiger charge is -2.45. The summed E-state index contributed by atoms with van der Waals surface area (Å²) < 4.78 is 0. The Balaban J connectivity index is 1.65. The van der Waals surface area contributed by atoms with Gasteiger partial charge in [0.05, 0.1) is 5.92 Å². The van der Waals surface area contributed by atoms with Crippen LogP contribution in [0.2, 0.25) is 0 Å². The summed E-state index contributed by atoms with van der Waals surface area (Å²) in [6, 6.07) is 3.19. The van der Waals surface area contributed by atoms with Crippen LogP contribution in [0.3, 0.4) is 0 Å². The van der Waals surface area contributed by atoms with E-state index in [0.717, 1.165) is 19.4 Å². The average Bonchev–Trinajstić information content (AvgIpc) is 3.02. The summed E-state index contributed by atoms with van der Waals surface area (Å²) in [5.74, 6) is 0.0871. The molecule has 3 rings (SSSR count). The summed E-state index contributed by atoms with van der Waals surface area (Å²) in [5, 5.41) is 3.07. The SMILES string of the molecule is CC[C@@H]1[C@@H](C(=O)N2CCC(NC(=O)c3cc[nH]c(=O)c3)C(C)(C)C2)CCN1C. The fraction of sp³-hybridized carbons (Fsp3) is 0.667. The van der Waals surface area contributed by atoms with Crippen molar-refractivity contribution in [2.75, 3.05) is 26.7 Å². The minimum atomic E-state index is -0.292. The first-order valence-corrected chi connectivity index (χ1v) is 10.2. The van der Waals surface area contributed by atoms with Gasteiger partial charge in [-0.1, -0.05) is 20.8 Å². The fourth-order valence-electron chi connectivity index (χ4n) is 4.77. The molecule has 1 unspecified atom stereocenters. The van der Waals surface area contributed by atoms with Crippen LogP contribution in [0, 0.1) is 11.3 Å². The third-order valence-corrected chi connectivity index (χ3v) is 6.44. The van der Waals surface area contributed by atoms with Crippen LogP contribution in [0.1, 0.15) is 50.4 Å². The molecule has 2 aliphatic heterocycles. The van der Waals surface area contributed by atoms with Crippen molar-refractivity contribution in [3.8, 4) is 0 Å². The lowest BCUT2D eigenvalue weighted by molar-refractivity contribution is -0.140. The second-order valence-electron chi connectivity index (χ2n) is 8.86. The number of pyridine rings is 1. The molecule has 2 fully saturated rings. The van der Waals surface area contributed by atoms with E-state index >= 15 is 0 Å². The van der Waals surface area contributed by atoms with Crippen LogP contribution in [0.25, 0.3) is 0 Å². The number of carbonyl (C=O) groups is 2. The minimum Gasteiger partial charge on any atom is -0.349 e. The lowest BCUT2D eigenvalue weighted by atomic mass is 9.78. The number of carbonyl (C=O) groups excluding carboxylic acids is 2. The zero-order valence-corrected chi connectivity index (χ0v) is 17.3. The van der Waals surface area contributed by atoms with Gasteiger partial charge in [-0.15, -0.1) is 0 Å². The zero-order valence-electron chi connectivity index (χ0n) is 17.3. The Labute approximate surface area is 166 Å². The maximum absolute atomic E-state index is 13.2. The molecule has 0 bridgehead atoms. The predicted octanol–water partition coefficient (Wildman–Crippen LogP) is 1.46. The molecule has 7 nitrogen and oxygen atoms in total. The van der Waals surface area contributed by atoms with Gasteiger partial charge in [0.1, 0.15) is 0 Å². The molecule has 2 aliphatic rings. The first kappa shape index (κ1) is 20.6. The van der Waals surface area contributed by atoms with E-state index in [1.165, 1.54) is 12.3 Å². The van der Waals surface area contributed by atoms with Gasteiger partial charge in [-0.2, -0.15) is 0 Å². The van der Waals surface area contributed by atoms with Crippen molar-refractivity contribution >= 4 is 11.8 Å². The second-order valence-corrected chi connectivity index (χ2v) is 8.86. The van der Waals surface area contributed by atoms with Crippen molar-refractivity contribution < 1.29 is 9.59 Å². The zero-order chi connectivity index (χ0) is 20.5. The summed E-state index contributed by atoms with van der Waals surface area (Å²) in [6.45, 7) is 8.58. The minimum absolute atomic E-state index is 0.0449. The maximum atomic E-state index is 13.2. The molecule has 0 aliphatic carbocycles. The number of likely N-dealkylation sites (tertiary alicyclic amines) is 2. The Morgan fingerprint density at radius 1 is 1.29 bits per heavy atom. The van der Waals surface area contributed by atoms with Crippen LogP contribution < -0.4 is 10.9 Å². The number of hydrogen-bond donors (Lipinski definition) is 2. The number of aromatic nitrogens is 1. The highest BCUT2D eigenvalue weighted by atomic mass is 16.2. The van der Waals surface area contributed by atoms with Crippen molar-refractivity contribution in [1.29, 1.82) is 0 Å². The molecule has 0 spiro atoms. The van der Waals surface area contributed by atoms with Gasteiger partial charge < -0.3 is 20.1 Å². The highest BCUT2D eigenvalue weighted by Crippen LogP contribution is 2.33. The number of rotatable bonds is 4. The molecular weight excluding hydrogens is 356 g/mol. The van der Waals surface area contributed by atoms with Gasteiger partial charge in [0.25, 0.3) is 5.91 Å². The molecule has 2 saturated heterocycles. The molecular formula is C21H32N4O3. The highest BCUT2D eigenvalue weighted by Gasteiger charge is 2.43. The van der Waals surface area contributed by atoms with E-state index < -0.39 is 0 Å². The first-order valence-electron chi connectivity index (χ1n) is 10.2. The Bertz CT molecular complexity index is 788. The molecule has 3 atom stereocenters. The van der Waals surface area contributed by atoms with E-state index in [1.807, 2.05) is 4.90 Å². The number of piperidine rings is 1. The van der Waals surface area contributed by atoms with Crippen LogP contribution in [-0.2, 0) is 4.79 Å². The molecule has 3 heterocycles. The maximum Gasteiger partial charge on any atom is 0.251 e. The van der Waals surface area contributed by atoms with Gasteiger partial charge in [-0.25, -0.2) is 0 Å². The van der Waals surface area contributed by atoms with Crippen molar-refractivity contribution in [1.82, 2.24) is 20.1 Å². The Kier molecular flexibility index (Phi) is 5.93. The number of hydrogen-bond acceptors (Lipinski definition) is 4. The normalized spacial score (nSPS) is 27.6. The first-order chi connectivity index (χ1) is 13.2. The third kappa shape index (κ3) is 4.14. The topological polar surface area (TPSA) is 85.5 Å². The molecule has 2 amide bonds. The van der Waals surface area contributed by atoms with Gasteiger partial charge in [0.2, 0.25) is 11.5 Å². The molecule has 28 heavy (non-hydrogen) atoms. The molecule has 154 valence electrons. The van der Waals surface area contributed by atoms with Crippen molar-refractivity contribution in [2.45, 2.75) is 52.1 Å². The van der Waals surface area contributed by atoms with Crippen molar-refractivity contribution in [2.24, 2.45) is 11.3 Å². The van der Waals surface area contributed by atoms with E-state index in [9.17, 15) is 14.4 Å². The summed E-state index contributed by atoms with van der Waals surface area (Å²) in [5.41, 5.74) is -0.172. The smallest absolute Gasteiger partial charge is 0.251 e. The van der Waals surface area contributed by atoms with Gasteiger partial charge in [-0.05, 0) is 38.9 Å². The molecule has 0 saturated carbocycles. The molecule has 0 radical (unpaired) electrons. The number of nitrogens with zero attached hydrogens (tertiary/aromatic N) is 2. The third-order valence-electron chi connectivity index (χ3n) is 6.44. The monoisotopic (exact) mass is 388 g/mol. The molecule has 1 aromatic rings. The Hall–Kier alpha value is -2.15. The Morgan fingerprint density at radius 3 is 2.68 bits per heavy atom. The summed E-state index contributed by atoms with van der Waals surface area (Å²) in [4.78, 5) is 44.0. The number of H-pyrrole nitrogens is 1. The van der Waals surface area contributed by atoms with Gasteiger partial charge in [0, 0.05) is 48.4 Å². The quantitative estimate of drug-likeness (QED) is 0.818. The van der Waals surface area contributed by atoms with Crippen LogP contribution in [0.5, 0.6) is 0 Å². The molecule has 1 aromatic heterocycles. The largest absolute Gasteiger partial charge is 0.349 e. The van der Waals surface area contributed by atoms with Gasteiger partial charge in [0.15, 0.2) is 0 Å². The van der Waals surface area contributed by atoms with Crippen molar-refractivity contribution in [3.05, 3.63) is 34.2 Å². The average molecular weight is 389 g/mol. The standard InChI is InChI=1S/C21H32N4O3/c1-5-16-15(7-10-24(16)4)20(28)25-11-8-17(21(2,3)13-25)23-19(27)14-6-9-22-18(26)12-14/h6,9,12,15-17H,5,7-8,10-11,13H2,1-4H3,(H,22,26)(H,23,27)/t15-,16+,17?/m0/s1. The highest BCUT2D eigenvalue weighted by molar-refractivity contribution is 5.94. The van der Waals surface area contributed by atoms with Crippen LogP contribution in [-0.4, -0.2) is 65.4 Å². The molecule has 7 heteroatoms. The lowest BCUT2D eigenvalue weighted by Crippen LogP contribution is -2.58. The van der Waals surface area contributed by atoms with E-state index in [4.69, 9.17) is 0 Å². The van der Waals surface area contributed by atoms with Crippen LogP contribution in [0.4, 0.5) is 0 Å². The summed E-state index contributed by atoms with van der Waals surface area (Å²) >= 11 is 0. The van der Waals surface area contributed by atoms with E-state index in [1.54, 1.807) is 6.07 Å². The number of aromatic amines is 1. The number of amides is 2. The predicted molar refractivity (Wildman–Crippen MR) is 108 cm³/mol. The van der Waals surface area contributed by atoms with Crippen molar-refractivity contribution in [3.63, 3.8) is 0 Å². The Morgan fingerprint density at radius 2 is 2.04 bits per heavy atom. The fourth-order valence-corrected chi connectivity index (χ4v) is 4.77. The van der Waals surface area contributed by atoms with Gasteiger partial charge in [-0.3, -0.25) is 14.4 Å². The summed E-state index contributed by atoms with van der Waals surface area (Å²) in [6.07, 6.45) is 4.10. The van der Waals surface area contributed by atoms with E-state index in [-0.39, 0.29) is 34.7 Å².